The molecule has 1 saturated carbocycles. The fraction of sp³-hybridized carbons (Fsp3) is 0.452. The maximum atomic E-state index is 13.1. The lowest BCUT2D eigenvalue weighted by molar-refractivity contribution is -0.124. The molecule has 0 radical (unpaired) electrons. The zero-order valence-electron chi connectivity index (χ0n) is 22.2. The second-order valence-electron chi connectivity index (χ2n) is 11.0. The van der Waals surface area contributed by atoms with E-state index in [4.69, 9.17) is 23.2 Å². The first-order chi connectivity index (χ1) is 18.8. The van der Waals surface area contributed by atoms with Crippen LogP contribution in [0.15, 0.2) is 36.5 Å². The van der Waals surface area contributed by atoms with E-state index in [1.807, 2.05) is 18.2 Å². The number of aromatic hydroxyl groups is 1. The number of carbonyl (C=O) groups excluding carboxylic acids is 2. The van der Waals surface area contributed by atoms with Gasteiger partial charge in [0.2, 0.25) is 0 Å². The van der Waals surface area contributed by atoms with E-state index < -0.39 is 0 Å². The predicted molar refractivity (Wildman–Crippen MR) is 158 cm³/mol. The van der Waals surface area contributed by atoms with E-state index >= 15 is 0 Å². The van der Waals surface area contributed by atoms with Gasteiger partial charge in [0.05, 0.1) is 26.8 Å². The normalized spacial score (nSPS) is 21.9. The highest BCUT2D eigenvalue weighted by Crippen LogP contribution is 2.39. The van der Waals surface area contributed by atoms with Crippen LogP contribution in [-0.2, 0) is 4.79 Å². The highest BCUT2D eigenvalue weighted by atomic mass is 35.5. The van der Waals surface area contributed by atoms with E-state index in [2.05, 4.69) is 15.6 Å². The van der Waals surface area contributed by atoms with Crippen LogP contribution in [0.25, 0.3) is 22.0 Å². The third-order valence-corrected chi connectivity index (χ3v) is 8.89. The quantitative estimate of drug-likeness (QED) is 0.257. The van der Waals surface area contributed by atoms with Gasteiger partial charge < -0.3 is 15.7 Å². The second-order valence-corrected chi connectivity index (χ2v) is 11.8. The molecule has 1 saturated heterocycles. The minimum Gasteiger partial charge on any atom is -0.505 e. The molecule has 206 valence electrons. The van der Waals surface area contributed by atoms with Crippen molar-refractivity contribution in [1.82, 2.24) is 10.3 Å². The summed E-state index contributed by atoms with van der Waals surface area (Å²) in [4.78, 5) is 30.2. The molecule has 8 heteroatoms. The summed E-state index contributed by atoms with van der Waals surface area (Å²) in [5, 5.41) is 18.3. The van der Waals surface area contributed by atoms with Crippen molar-refractivity contribution in [2.75, 3.05) is 18.4 Å². The molecule has 2 heterocycles. The Hall–Kier alpha value is -2.67. The number of fused-ring (bicyclic) bond motifs is 1. The van der Waals surface area contributed by atoms with E-state index in [1.54, 1.807) is 25.3 Å². The van der Waals surface area contributed by atoms with Gasteiger partial charge in [0.1, 0.15) is 5.78 Å². The van der Waals surface area contributed by atoms with E-state index in [-0.39, 0.29) is 33.5 Å². The first-order valence-corrected chi connectivity index (χ1v) is 14.7. The van der Waals surface area contributed by atoms with Crippen LogP contribution in [0, 0.1) is 11.8 Å². The topological polar surface area (TPSA) is 91.3 Å². The molecule has 0 bridgehead atoms. The fourth-order valence-electron chi connectivity index (χ4n) is 6.04. The van der Waals surface area contributed by atoms with Gasteiger partial charge in [-0.3, -0.25) is 14.6 Å². The van der Waals surface area contributed by atoms with Crippen molar-refractivity contribution in [2.24, 2.45) is 11.8 Å². The standard InChI is InChI=1S/C31H35Cl2N3O3/c1-18(37)25-17-35-28-9-6-21(22-15-26(32)31(39)27(33)16-22)14-24(28)30(25)36-23-7-4-20(5-8-23)29(38)13-19-3-2-11-34-12-10-19/h6,9,14-17,19-20,23,34,39H,2-5,7-8,10-13H2,1H3,(H,35,36). The number of rotatable bonds is 7. The van der Waals surface area contributed by atoms with Crippen LogP contribution in [0.4, 0.5) is 5.69 Å². The molecule has 6 nitrogen and oxygen atoms in total. The zero-order chi connectivity index (χ0) is 27.5. The van der Waals surface area contributed by atoms with Crippen LogP contribution in [0.3, 0.4) is 0 Å². The largest absolute Gasteiger partial charge is 0.505 e. The van der Waals surface area contributed by atoms with Crippen molar-refractivity contribution < 1.29 is 14.7 Å². The lowest BCUT2D eigenvalue weighted by Gasteiger charge is -2.30. The number of nitrogens with one attached hydrogen (secondary N) is 2. The molecule has 0 spiro atoms. The fourth-order valence-corrected chi connectivity index (χ4v) is 6.52. The molecule has 3 N–H and O–H groups in total. The summed E-state index contributed by atoms with van der Waals surface area (Å²) in [5.41, 5.74) is 3.68. The first-order valence-electron chi connectivity index (χ1n) is 13.9. The summed E-state index contributed by atoms with van der Waals surface area (Å²) in [6, 6.07) is 9.32. The van der Waals surface area contributed by atoms with Gasteiger partial charge in [-0.15, -0.1) is 0 Å². The van der Waals surface area contributed by atoms with Crippen LogP contribution in [-0.4, -0.2) is 40.8 Å². The van der Waals surface area contributed by atoms with Crippen LogP contribution in [0.5, 0.6) is 5.75 Å². The van der Waals surface area contributed by atoms with Crippen molar-refractivity contribution in [3.8, 4) is 16.9 Å². The summed E-state index contributed by atoms with van der Waals surface area (Å²) in [6.45, 7) is 3.63. The minimum absolute atomic E-state index is 0.0604. The number of carbonyl (C=O) groups is 2. The number of benzene rings is 2. The Labute approximate surface area is 239 Å². The highest BCUT2D eigenvalue weighted by Gasteiger charge is 2.29. The van der Waals surface area contributed by atoms with Crippen LogP contribution < -0.4 is 10.6 Å². The van der Waals surface area contributed by atoms with Crippen molar-refractivity contribution in [1.29, 1.82) is 0 Å². The zero-order valence-corrected chi connectivity index (χ0v) is 23.7. The monoisotopic (exact) mass is 567 g/mol. The Kier molecular flexibility index (Phi) is 8.75. The molecule has 1 aliphatic heterocycles. The smallest absolute Gasteiger partial charge is 0.163 e. The number of nitrogens with zero attached hydrogens (tertiary/aromatic N) is 1. The molecule has 2 fully saturated rings. The van der Waals surface area contributed by atoms with Crippen molar-refractivity contribution in [3.05, 3.63) is 52.1 Å². The van der Waals surface area contributed by atoms with Gasteiger partial charge in [-0.05, 0) is 106 Å². The van der Waals surface area contributed by atoms with Crippen LogP contribution >= 0.6 is 23.2 Å². The SMILES string of the molecule is CC(=O)c1cnc2ccc(-c3cc(Cl)c(O)c(Cl)c3)cc2c1NC1CCC(C(=O)CC2CCCNCC2)CC1. The van der Waals surface area contributed by atoms with E-state index in [9.17, 15) is 14.7 Å². The third kappa shape index (κ3) is 6.40. The van der Waals surface area contributed by atoms with Gasteiger partial charge in [0, 0.05) is 30.0 Å². The number of ketones is 2. The third-order valence-electron chi connectivity index (χ3n) is 8.31. The molecule has 39 heavy (non-hydrogen) atoms. The second kappa shape index (κ2) is 12.2. The number of hydrogen-bond donors (Lipinski definition) is 3. The van der Waals surface area contributed by atoms with Gasteiger partial charge in [0.25, 0.3) is 0 Å². The Balaban J connectivity index is 1.35. The number of Topliss-reactive ketones (excluding diaryl/α,β-unsaturated/α-hetero) is 2. The van der Waals surface area contributed by atoms with Crippen molar-refractivity contribution in [3.63, 3.8) is 0 Å². The predicted octanol–water partition coefficient (Wildman–Crippen LogP) is 7.44. The molecule has 0 amide bonds. The van der Waals surface area contributed by atoms with Gasteiger partial charge in [-0.25, -0.2) is 0 Å². The molecule has 3 aromatic rings. The summed E-state index contributed by atoms with van der Waals surface area (Å²) in [5.74, 6) is 0.865. The minimum atomic E-state index is -0.147. The molecule has 1 aromatic heterocycles. The van der Waals surface area contributed by atoms with Gasteiger partial charge in [-0.2, -0.15) is 0 Å². The van der Waals surface area contributed by atoms with Gasteiger partial charge >= 0.3 is 0 Å². The van der Waals surface area contributed by atoms with Gasteiger partial charge in [0.15, 0.2) is 11.5 Å². The van der Waals surface area contributed by atoms with Crippen molar-refractivity contribution in [2.45, 2.75) is 64.3 Å². The van der Waals surface area contributed by atoms with Gasteiger partial charge in [-0.1, -0.05) is 29.3 Å². The molecule has 1 atom stereocenters. The Morgan fingerprint density at radius 3 is 2.46 bits per heavy atom. The molecule has 2 aromatic carbocycles. The van der Waals surface area contributed by atoms with E-state index in [0.29, 0.717) is 23.7 Å². The van der Waals surface area contributed by atoms with Crippen LogP contribution in [0.1, 0.15) is 68.6 Å². The average Bonchev–Trinajstić information content (AvgIpc) is 3.20. The molecule has 1 aliphatic carbocycles. The number of aromatic nitrogens is 1. The summed E-state index contributed by atoms with van der Waals surface area (Å²) < 4.78 is 0. The van der Waals surface area contributed by atoms with Crippen LogP contribution in [0.2, 0.25) is 10.0 Å². The van der Waals surface area contributed by atoms with Crippen molar-refractivity contribution >= 4 is 51.4 Å². The van der Waals surface area contributed by atoms with E-state index in [0.717, 1.165) is 85.8 Å². The number of anilines is 1. The first kappa shape index (κ1) is 27.9. The Morgan fingerprint density at radius 1 is 1.00 bits per heavy atom. The number of pyridine rings is 1. The molecule has 1 unspecified atom stereocenters. The number of hydrogen-bond acceptors (Lipinski definition) is 6. The highest BCUT2D eigenvalue weighted by molar-refractivity contribution is 6.37. The number of phenolic OH excluding ortho intramolecular Hbond substituents is 1. The Morgan fingerprint density at radius 2 is 1.74 bits per heavy atom. The molecule has 5 rings (SSSR count). The summed E-state index contributed by atoms with van der Waals surface area (Å²) >= 11 is 12.4. The average molecular weight is 569 g/mol. The summed E-state index contributed by atoms with van der Waals surface area (Å²) in [7, 11) is 0. The Bertz CT molecular complexity index is 1350. The molecular weight excluding hydrogens is 533 g/mol. The lowest BCUT2D eigenvalue weighted by Crippen LogP contribution is -2.30. The lowest BCUT2D eigenvalue weighted by atomic mass is 9.80. The maximum Gasteiger partial charge on any atom is 0.163 e. The summed E-state index contributed by atoms with van der Waals surface area (Å²) in [6.07, 6.45) is 9.24. The maximum absolute atomic E-state index is 13.1. The number of phenols is 1. The number of halogens is 2. The molecular formula is C31H35Cl2N3O3. The molecule has 2 aliphatic rings. The van der Waals surface area contributed by atoms with E-state index in [1.165, 1.54) is 0 Å².